The summed E-state index contributed by atoms with van der Waals surface area (Å²) in [5, 5.41) is 18.9. The van der Waals surface area contributed by atoms with Crippen molar-refractivity contribution in [1.82, 2.24) is 0 Å². The Balaban J connectivity index is 0.000000493. The Morgan fingerprint density at radius 1 is 0.356 bits per heavy atom. The normalized spacial score (nSPS) is 11.3. The van der Waals surface area contributed by atoms with Crippen LogP contribution in [0.2, 0.25) is 0 Å². The smallest absolute Gasteiger partial charge is 0.343 e. The van der Waals surface area contributed by atoms with Crippen molar-refractivity contribution >= 4 is 35.4 Å². The van der Waals surface area contributed by atoms with Crippen LogP contribution in [0.15, 0.2) is 120 Å². The first-order valence-electron chi connectivity index (χ1n) is 25.0. The number of ketones is 2. The van der Waals surface area contributed by atoms with Crippen LogP contribution >= 0.6 is 0 Å². The maximum Gasteiger partial charge on any atom is 0.343 e. The van der Waals surface area contributed by atoms with Gasteiger partial charge in [0.15, 0.2) is 11.6 Å². The summed E-state index contributed by atoms with van der Waals surface area (Å²) < 4.78 is 32.1. The first-order chi connectivity index (χ1) is 34.6. The molecule has 0 saturated heterocycles. The Hall–Kier alpha value is -6.70. The number of esters is 4. The zero-order valence-electron chi connectivity index (χ0n) is 43.1. The van der Waals surface area contributed by atoms with Crippen molar-refractivity contribution in [2.45, 2.75) is 144 Å². The zero-order valence-corrected chi connectivity index (χ0v) is 44.0. The Labute approximate surface area is 440 Å². The molecule has 14 nitrogen and oxygen atoms in total. The second kappa shape index (κ2) is 35.4. The number of allylic oxidation sites excluding steroid dienone is 4. The van der Waals surface area contributed by atoms with Gasteiger partial charge in [-0.1, -0.05) is 104 Å². The fourth-order valence-corrected chi connectivity index (χ4v) is 6.98. The van der Waals surface area contributed by atoms with E-state index in [-0.39, 0.29) is 51.2 Å². The molecular formula is C58H72CuO14. The first kappa shape index (κ1) is 62.4. The van der Waals surface area contributed by atoms with E-state index >= 15 is 0 Å². The number of hydrogen-bond donors (Lipinski definition) is 2. The molecule has 0 atom stereocenters. The molecule has 0 aromatic heterocycles. The largest absolute Gasteiger partial charge is 0.509 e. The number of aliphatic hydroxyl groups excluding tert-OH is 2. The van der Waals surface area contributed by atoms with Gasteiger partial charge in [0, 0.05) is 30.9 Å². The standard InChI is InChI=1S/2C29H36O7.Cu/c2*1-4-5-6-7-8-9-10-11-20-34-25-16-12-23(13-17-25)28(32)35-26-18-14-24(15-19-26)29(33)36-27(21(2)30)22(3)31;/h2*12-19,30H,4-11,20H2,1-3H3;/b2*27-21+;. The Morgan fingerprint density at radius 3 is 0.863 bits per heavy atom. The van der Waals surface area contributed by atoms with E-state index < -0.39 is 47.0 Å². The first-order valence-corrected chi connectivity index (χ1v) is 25.0. The van der Waals surface area contributed by atoms with Crippen molar-refractivity contribution in [3.05, 3.63) is 142 Å². The summed E-state index contributed by atoms with van der Waals surface area (Å²) in [5.41, 5.74) is 1.00. The Kier molecular flexibility index (Phi) is 30.3. The minimum Gasteiger partial charge on any atom is -0.509 e. The second-order valence-electron chi connectivity index (χ2n) is 17.2. The number of unbranched alkanes of at least 4 members (excludes halogenated alkanes) is 14. The van der Waals surface area contributed by atoms with Crippen molar-refractivity contribution in [2.75, 3.05) is 13.2 Å². The van der Waals surface area contributed by atoms with E-state index in [0.717, 1.165) is 25.7 Å². The van der Waals surface area contributed by atoms with Crippen molar-refractivity contribution < 1.29 is 84.5 Å². The zero-order chi connectivity index (χ0) is 52.7. The molecule has 0 aliphatic rings. The van der Waals surface area contributed by atoms with Crippen molar-refractivity contribution in [3.63, 3.8) is 0 Å². The molecule has 0 aliphatic carbocycles. The molecule has 1 radical (unpaired) electrons. The van der Waals surface area contributed by atoms with E-state index in [1.807, 2.05) is 0 Å². The third kappa shape index (κ3) is 24.5. The molecule has 0 fully saturated rings. The van der Waals surface area contributed by atoms with Crippen molar-refractivity contribution in [1.29, 1.82) is 0 Å². The van der Waals surface area contributed by atoms with Crippen LogP contribution in [0.5, 0.6) is 23.0 Å². The number of benzene rings is 4. The van der Waals surface area contributed by atoms with Gasteiger partial charge in [-0.2, -0.15) is 0 Å². The van der Waals surface area contributed by atoms with Gasteiger partial charge in [0.05, 0.1) is 35.5 Å². The molecule has 15 heteroatoms. The maximum absolute atomic E-state index is 12.4. The molecule has 0 heterocycles. The molecule has 4 aromatic rings. The van der Waals surface area contributed by atoms with E-state index in [2.05, 4.69) is 13.8 Å². The van der Waals surface area contributed by atoms with E-state index in [1.54, 1.807) is 48.5 Å². The number of hydrogen-bond acceptors (Lipinski definition) is 14. The molecule has 2 N–H and O–H groups in total. The van der Waals surface area contributed by atoms with Gasteiger partial charge in [-0.15, -0.1) is 0 Å². The number of aliphatic hydroxyl groups is 2. The van der Waals surface area contributed by atoms with Gasteiger partial charge >= 0.3 is 23.9 Å². The molecule has 0 bridgehead atoms. The molecule has 0 unspecified atom stereocenters. The minimum atomic E-state index is -0.811. The Morgan fingerprint density at radius 2 is 0.603 bits per heavy atom. The van der Waals surface area contributed by atoms with Gasteiger partial charge in [-0.25, -0.2) is 19.2 Å². The van der Waals surface area contributed by atoms with Gasteiger partial charge in [0.25, 0.3) is 0 Å². The minimum absolute atomic E-state index is 0. The summed E-state index contributed by atoms with van der Waals surface area (Å²) in [7, 11) is 0. The summed E-state index contributed by atoms with van der Waals surface area (Å²) in [4.78, 5) is 72.2. The van der Waals surface area contributed by atoms with Crippen LogP contribution in [0, 0.1) is 0 Å². The monoisotopic (exact) mass is 1060 g/mol. The second-order valence-corrected chi connectivity index (χ2v) is 17.2. The quantitative estimate of drug-likeness (QED) is 0.0125. The number of rotatable bonds is 30. The van der Waals surface area contributed by atoms with Crippen molar-refractivity contribution in [2.24, 2.45) is 0 Å². The summed E-state index contributed by atoms with van der Waals surface area (Å²) >= 11 is 0. The fraction of sp³-hybridized carbons (Fsp3) is 0.414. The fourth-order valence-electron chi connectivity index (χ4n) is 6.98. The van der Waals surface area contributed by atoms with E-state index in [4.69, 9.17) is 28.4 Å². The average Bonchev–Trinajstić information content (AvgIpc) is 3.36. The molecule has 0 aliphatic heterocycles. The number of carbonyl (C=O) groups excluding carboxylic acids is 6. The van der Waals surface area contributed by atoms with Gasteiger partial charge in [0.2, 0.25) is 11.5 Å². The molecule has 0 amide bonds. The van der Waals surface area contributed by atoms with Gasteiger partial charge in [-0.3, -0.25) is 9.59 Å². The van der Waals surface area contributed by atoms with E-state index in [0.29, 0.717) is 35.8 Å². The van der Waals surface area contributed by atoms with Crippen LogP contribution in [-0.4, -0.2) is 58.9 Å². The molecule has 399 valence electrons. The molecule has 0 spiro atoms. The van der Waals surface area contributed by atoms with Gasteiger partial charge < -0.3 is 38.6 Å². The number of carbonyl (C=O) groups is 6. The molecule has 4 aromatic carbocycles. The van der Waals surface area contributed by atoms with Crippen LogP contribution in [0.4, 0.5) is 0 Å². The predicted octanol–water partition coefficient (Wildman–Crippen LogP) is 13.9. The number of Topliss-reactive ketones (excluding diaryl/α,β-unsaturated/α-hetero) is 2. The van der Waals surface area contributed by atoms with Crippen LogP contribution in [0.25, 0.3) is 0 Å². The summed E-state index contributed by atoms with van der Waals surface area (Å²) in [6, 6.07) is 24.9. The maximum atomic E-state index is 12.4. The average molecular weight is 1060 g/mol. The van der Waals surface area contributed by atoms with Crippen LogP contribution in [0.3, 0.4) is 0 Å². The predicted molar refractivity (Wildman–Crippen MR) is 275 cm³/mol. The van der Waals surface area contributed by atoms with Gasteiger partial charge in [-0.05, 0) is 124 Å². The Bertz CT molecular complexity index is 2210. The molecule has 0 saturated carbocycles. The van der Waals surface area contributed by atoms with Crippen LogP contribution < -0.4 is 18.9 Å². The van der Waals surface area contributed by atoms with Gasteiger partial charge in [0.1, 0.15) is 34.5 Å². The van der Waals surface area contributed by atoms with E-state index in [1.165, 1.54) is 153 Å². The molecular weight excluding hydrogens is 984 g/mol. The third-order valence-electron chi connectivity index (χ3n) is 11.0. The summed E-state index contributed by atoms with van der Waals surface area (Å²) in [6.07, 6.45) is 19.8. The summed E-state index contributed by atoms with van der Waals surface area (Å²) in [5.74, 6) is -3.56. The summed E-state index contributed by atoms with van der Waals surface area (Å²) in [6.45, 7) is 10.6. The molecule has 4 rings (SSSR count). The molecule has 73 heavy (non-hydrogen) atoms. The SMILES string of the molecule is CCCCCCCCCCOc1ccc(C(=O)Oc2ccc(C(=O)O/C(C(C)=O)=C(\C)O)cc2)cc1.CCCCCCCCCCOc1ccc(C(=O)Oc2ccc(C(=O)O/C(C(C)=O)=C(\C)O)cc2)cc1.[Cu]. The van der Waals surface area contributed by atoms with Crippen LogP contribution in [-0.2, 0) is 36.1 Å². The van der Waals surface area contributed by atoms with E-state index in [9.17, 15) is 39.0 Å². The van der Waals surface area contributed by atoms with Crippen LogP contribution in [0.1, 0.15) is 186 Å². The topological polar surface area (TPSA) is 198 Å². The third-order valence-corrected chi connectivity index (χ3v) is 11.0. The van der Waals surface area contributed by atoms with Crippen molar-refractivity contribution in [3.8, 4) is 23.0 Å². The number of ether oxygens (including phenoxy) is 6.